The number of ether oxygens (including phenoxy) is 3. The molecule has 1 saturated heterocycles. The maximum atomic E-state index is 6.02. The van der Waals surface area contributed by atoms with Crippen LogP contribution in [0.3, 0.4) is 0 Å². The molecule has 1 heterocycles. The minimum atomic E-state index is 0. The molecule has 7 heteroatoms. The number of rotatable bonds is 6. The quantitative estimate of drug-likeness (QED) is 0.369. The molecule has 2 saturated carbocycles. The first-order chi connectivity index (χ1) is 13.2. The SMILES string of the molecule is CN=C(NC1C2CCOC2C12CCC2)N(C)CCOc1ccc(OC)cc1.I. The van der Waals surface area contributed by atoms with Crippen LogP contribution in [0.2, 0.25) is 0 Å². The monoisotopic (exact) mass is 501 g/mol. The van der Waals surface area contributed by atoms with Gasteiger partial charge in [-0.15, -0.1) is 24.0 Å². The number of methoxy groups -OCH3 is 1. The van der Waals surface area contributed by atoms with Crippen molar-refractivity contribution in [1.82, 2.24) is 10.2 Å². The van der Waals surface area contributed by atoms with E-state index in [1.54, 1.807) is 7.11 Å². The van der Waals surface area contributed by atoms with E-state index in [2.05, 4.69) is 22.3 Å². The molecular weight excluding hydrogens is 469 g/mol. The maximum absolute atomic E-state index is 6.02. The van der Waals surface area contributed by atoms with Crippen LogP contribution < -0.4 is 14.8 Å². The third kappa shape index (κ3) is 3.79. The summed E-state index contributed by atoms with van der Waals surface area (Å²) in [6.07, 6.45) is 5.55. The van der Waals surface area contributed by atoms with Crippen LogP contribution in [-0.4, -0.2) is 64.0 Å². The highest BCUT2D eigenvalue weighted by atomic mass is 127. The number of fused-ring (bicyclic) bond motifs is 2. The number of halogens is 1. The van der Waals surface area contributed by atoms with Crippen LogP contribution in [0.1, 0.15) is 25.7 Å². The van der Waals surface area contributed by atoms with E-state index in [0.29, 0.717) is 30.1 Å². The summed E-state index contributed by atoms with van der Waals surface area (Å²) in [6.45, 7) is 2.30. The number of hydrogen-bond donors (Lipinski definition) is 1. The Bertz CT molecular complexity index is 678. The number of aliphatic imine (C=N–C) groups is 1. The predicted molar refractivity (Wildman–Crippen MR) is 121 cm³/mol. The highest BCUT2D eigenvalue weighted by molar-refractivity contribution is 14.0. The lowest BCUT2D eigenvalue weighted by Crippen LogP contribution is -2.72. The highest BCUT2D eigenvalue weighted by Gasteiger charge is 2.66. The Morgan fingerprint density at radius 3 is 2.61 bits per heavy atom. The predicted octanol–water partition coefficient (Wildman–Crippen LogP) is 3.16. The summed E-state index contributed by atoms with van der Waals surface area (Å²) in [5.41, 5.74) is 0.359. The molecule has 1 spiro atoms. The average molecular weight is 501 g/mol. The van der Waals surface area contributed by atoms with E-state index in [0.717, 1.165) is 30.6 Å². The van der Waals surface area contributed by atoms with Gasteiger partial charge in [0.2, 0.25) is 0 Å². The van der Waals surface area contributed by atoms with Gasteiger partial charge in [-0.2, -0.15) is 0 Å². The second-order valence-electron chi connectivity index (χ2n) is 7.95. The molecule has 0 amide bonds. The lowest BCUT2D eigenvalue weighted by molar-refractivity contribution is -0.171. The first-order valence-corrected chi connectivity index (χ1v) is 10.0. The minimum Gasteiger partial charge on any atom is -0.497 e. The number of nitrogens with one attached hydrogen (secondary N) is 1. The standard InChI is InChI=1S/C21H31N3O3.HI/c1-22-20(23-18-17-9-13-27-19(17)21(18)10-4-11-21)24(2)12-14-26-16-7-5-15(25-3)6-8-16;/h5-8,17-19H,4,9-14H2,1-3H3,(H,22,23);1H. The fourth-order valence-corrected chi connectivity index (χ4v) is 5.02. The summed E-state index contributed by atoms with van der Waals surface area (Å²) < 4.78 is 17.1. The Morgan fingerprint density at radius 1 is 1.29 bits per heavy atom. The molecule has 156 valence electrons. The Hall–Kier alpha value is -1.22. The fraction of sp³-hybridized carbons (Fsp3) is 0.667. The summed E-state index contributed by atoms with van der Waals surface area (Å²) >= 11 is 0. The van der Waals surface area contributed by atoms with Gasteiger partial charge in [0.15, 0.2) is 5.96 Å². The summed E-state index contributed by atoms with van der Waals surface area (Å²) in [4.78, 5) is 6.67. The lowest BCUT2D eigenvalue weighted by Gasteiger charge is -2.63. The molecule has 4 rings (SSSR count). The molecular formula is C21H32IN3O3. The number of likely N-dealkylation sites (N-methyl/N-ethyl adjacent to an activating group) is 1. The summed E-state index contributed by atoms with van der Waals surface area (Å²) in [7, 11) is 5.60. The Morgan fingerprint density at radius 2 is 2.00 bits per heavy atom. The molecule has 3 aliphatic rings. The van der Waals surface area contributed by atoms with Crippen LogP contribution in [-0.2, 0) is 4.74 Å². The van der Waals surface area contributed by atoms with Crippen molar-refractivity contribution in [2.45, 2.75) is 37.8 Å². The van der Waals surface area contributed by atoms with E-state index in [1.807, 2.05) is 31.3 Å². The molecule has 1 N–H and O–H groups in total. The molecule has 1 aliphatic heterocycles. The van der Waals surface area contributed by atoms with Gasteiger partial charge in [0, 0.05) is 38.1 Å². The molecule has 0 aromatic heterocycles. The molecule has 0 radical (unpaired) electrons. The second kappa shape index (κ2) is 9.07. The van der Waals surface area contributed by atoms with Crippen molar-refractivity contribution in [1.29, 1.82) is 0 Å². The molecule has 1 aromatic rings. The number of guanidine groups is 1. The van der Waals surface area contributed by atoms with E-state index in [4.69, 9.17) is 14.2 Å². The third-order valence-corrected chi connectivity index (χ3v) is 6.65. The molecule has 0 bridgehead atoms. The molecule has 3 unspecified atom stereocenters. The largest absolute Gasteiger partial charge is 0.497 e. The van der Waals surface area contributed by atoms with Gasteiger partial charge in [-0.3, -0.25) is 4.99 Å². The normalized spacial score (nSPS) is 27.1. The van der Waals surface area contributed by atoms with Gasteiger partial charge in [0.1, 0.15) is 18.1 Å². The first-order valence-electron chi connectivity index (χ1n) is 10.0. The molecule has 1 aromatic carbocycles. The lowest BCUT2D eigenvalue weighted by atomic mass is 9.46. The van der Waals surface area contributed by atoms with E-state index < -0.39 is 0 Å². The number of benzene rings is 1. The van der Waals surface area contributed by atoms with E-state index in [-0.39, 0.29) is 24.0 Å². The van der Waals surface area contributed by atoms with Gasteiger partial charge < -0.3 is 24.4 Å². The Kier molecular flexibility index (Phi) is 6.96. The van der Waals surface area contributed by atoms with Crippen molar-refractivity contribution in [2.75, 3.05) is 41.0 Å². The van der Waals surface area contributed by atoms with Gasteiger partial charge in [0.25, 0.3) is 0 Å². The molecule has 6 nitrogen and oxygen atoms in total. The van der Waals surface area contributed by atoms with Crippen LogP contribution in [0.15, 0.2) is 29.3 Å². The smallest absolute Gasteiger partial charge is 0.193 e. The Labute approximate surface area is 185 Å². The van der Waals surface area contributed by atoms with Crippen LogP contribution in [0.25, 0.3) is 0 Å². The van der Waals surface area contributed by atoms with Gasteiger partial charge >= 0.3 is 0 Å². The third-order valence-electron chi connectivity index (χ3n) is 6.65. The van der Waals surface area contributed by atoms with Gasteiger partial charge in [-0.1, -0.05) is 6.42 Å². The zero-order valence-corrected chi connectivity index (χ0v) is 19.3. The summed E-state index contributed by atoms with van der Waals surface area (Å²) in [5, 5.41) is 3.75. The van der Waals surface area contributed by atoms with Gasteiger partial charge in [-0.25, -0.2) is 0 Å². The van der Waals surface area contributed by atoms with E-state index in [1.165, 1.54) is 25.7 Å². The van der Waals surface area contributed by atoms with Crippen molar-refractivity contribution >= 4 is 29.9 Å². The Balaban J connectivity index is 0.00000225. The van der Waals surface area contributed by atoms with Crippen LogP contribution in [0.5, 0.6) is 11.5 Å². The molecule has 28 heavy (non-hydrogen) atoms. The zero-order chi connectivity index (χ0) is 18.9. The zero-order valence-electron chi connectivity index (χ0n) is 17.0. The van der Waals surface area contributed by atoms with Crippen molar-refractivity contribution in [3.05, 3.63) is 24.3 Å². The van der Waals surface area contributed by atoms with Crippen LogP contribution in [0, 0.1) is 11.3 Å². The molecule has 2 aliphatic carbocycles. The summed E-state index contributed by atoms with van der Waals surface area (Å²) in [6, 6.07) is 8.19. The van der Waals surface area contributed by atoms with Crippen LogP contribution >= 0.6 is 24.0 Å². The number of nitrogens with zero attached hydrogens (tertiary/aromatic N) is 2. The molecule has 3 fully saturated rings. The van der Waals surface area contributed by atoms with Gasteiger partial charge in [0.05, 0.1) is 19.8 Å². The fourth-order valence-electron chi connectivity index (χ4n) is 5.02. The van der Waals surface area contributed by atoms with Crippen LogP contribution in [0.4, 0.5) is 0 Å². The average Bonchev–Trinajstić information content (AvgIpc) is 3.06. The second-order valence-corrected chi connectivity index (χ2v) is 7.95. The summed E-state index contributed by atoms with van der Waals surface area (Å²) in [5.74, 6) is 3.29. The van der Waals surface area contributed by atoms with Crippen molar-refractivity contribution < 1.29 is 14.2 Å². The molecule has 3 atom stereocenters. The number of hydrogen-bond acceptors (Lipinski definition) is 4. The van der Waals surface area contributed by atoms with Gasteiger partial charge in [-0.05, 0) is 43.5 Å². The first kappa shape index (κ1) is 21.5. The van der Waals surface area contributed by atoms with Crippen molar-refractivity contribution in [3.63, 3.8) is 0 Å². The van der Waals surface area contributed by atoms with E-state index >= 15 is 0 Å². The van der Waals surface area contributed by atoms with E-state index in [9.17, 15) is 0 Å². The topological polar surface area (TPSA) is 55.3 Å². The maximum Gasteiger partial charge on any atom is 0.193 e. The minimum absolute atomic E-state index is 0. The van der Waals surface area contributed by atoms with Crippen molar-refractivity contribution in [3.8, 4) is 11.5 Å². The van der Waals surface area contributed by atoms with Crippen molar-refractivity contribution in [2.24, 2.45) is 16.3 Å². The highest BCUT2D eigenvalue weighted by Crippen LogP contribution is 2.62.